The Morgan fingerprint density at radius 3 is 2.49 bits per heavy atom. The number of esters is 3. The molecule has 1 aromatic heterocycles. The molecule has 5 rings (SSSR count). The third-order valence-electron chi connectivity index (χ3n) is 6.83. The quantitative estimate of drug-likeness (QED) is 0.248. The molecule has 186 valence electrons. The van der Waals surface area contributed by atoms with E-state index < -0.39 is 59.6 Å². The number of hydrogen-bond acceptors (Lipinski definition) is 10. The predicted molar refractivity (Wildman–Crippen MR) is 120 cm³/mol. The van der Waals surface area contributed by atoms with Crippen LogP contribution in [0, 0.1) is 11.8 Å². The highest BCUT2D eigenvalue weighted by Crippen LogP contribution is 2.56. The number of fused-ring (bicyclic) bond motifs is 6. The number of thiophene rings is 1. The highest BCUT2D eigenvalue weighted by atomic mass is 32.1. The summed E-state index contributed by atoms with van der Waals surface area (Å²) >= 11 is 1.26. The van der Waals surface area contributed by atoms with Crippen molar-refractivity contribution in [3.8, 4) is 0 Å². The molecule has 4 aliphatic rings. The lowest BCUT2D eigenvalue weighted by Crippen LogP contribution is -2.52. The summed E-state index contributed by atoms with van der Waals surface area (Å²) in [6.07, 6.45) is 4.10. The van der Waals surface area contributed by atoms with E-state index in [4.69, 9.17) is 18.9 Å². The van der Waals surface area contributed by atoms with Crippen molar-refractivity contribution in [3.63, 3.8) is 0 Å². The fourth-order valence-electron chi connectivity index (χ4n) is 5.54. The van der Waals surface area contributed by atoms with E-state index in [0.717, 1.165) is 48.5 Å². The van der Waals surface area contributed by atoms with Crippen LogP contribution in [0.2, 0.25) is 0 Å². The van der Waals surface area contributed by atoms with Gasteiger partial charge >= 0.3 is 17.9 Å². The summed E-state index contributed by atoms with van der Waals surface area (Å²) in [4.78, 5) is 66.1. The van der Waals surface area contributed by atoms with Crippen LogP contribution in [-0.2, 0) is 51.0 Å². The van der Waals surface area contributed by atoms with Gasteiger partial charge in [-0.3, -0.25) is 19.2 Å². The van der Waals surface area contributed by atoms with Gasteiger partial charge in [0.15, 0.2) is 5.60 Å². The Labute approximate surface area is 205 Å². The van der Waals surface area contributed by atoms with Gasteiger partial charge in [0, 0.05) is 18.7 Å². The summed E-state index contributed by atoms with van der Waals surface area (Å²) in [7, 11) is 0. The van der Waals surface area contributed by atoms with E-state index in [-0.39, 0.29) is 17.2 Å². The molecule has 1 aromatic rings. The Bertz CT molecular complexity index is 1150. The van der Waals surface area contributed by atoms with Crippen molar-refractivity contribution in [1.29, 1.82) is 0 Å². The summed E-state index contributed by atoms with van der Waals surface area (Å²) in [5, 5.41) is 0.255. The van der Waals surface area contributed by atoms with Gasteiger partial charge in [-0.15, -0.1) is 11.3 Å². The lowest BCUT2D eigenvalue weighted by atomic mass is 9.76. The van der Waals surface area contributed by atoms with Gasteiger partial charge in [-0.05, 0) is 44.2 Å². The van der Waals surface area contributed by atoms with Crippen molar-refractivity contribution >= 4 is 46.1 Å². The number of hydrogen-bond donors (Lipinski definition) is 0. The van der Waals surface area contributed by atoms with Crippen molar-refractivity contribution in [2.24, 2.45) is 11.8 Å². The van der Waals surface area contributed by atoms with Crippen LogP contribution < -0.4 is 4.90 Å². The zero-order valence-corrected chi connectivity index (χ0v) is 20.3. The van der Waals surface area contributed by atoms with Crippen molar-refractivity contribution < 1.29 is 42.9 Å². The Morgan fingerprint density at radius 2 is 1.83 bits per heavy atom. The maximum Gasteiger partial charge on any atom is 0.341 e. The van der Waals surface area contributed by atoms with Crippen molar-refractivity contribution in [3.05, 3.63) is 28.2 Å². The Balaban J connectivity index is 1.58. The summed E-state index contributed by atoms with van der Waals surface area (Å²) in [5.41, 5.74) is -0.549. The topological polar surface area (TPSA) is 126 Å². The smallest absolute Gasteiger partial charge is 0.341 e. The molecule has 10 nitrogen and oxygen atoms in total. The Hall–Kier alpha value is -3.05. The number of anilines is 1. The first kappa shape index (κ1) is 23.7. The fourth-order valence-corrected chi connectivity index (χ4v) is 6.93. The van der Waals surface area contributed by atoms with E-state index in [1.807, 2.05) is 0 Å². The highest BCUT2D eigenvalue weighted by Gasteiger charge is 2.72. The molecule has 35 heavy (non-hydrogen) atoms. The second-order valence-corrected chi connectivity index (χ2v) is 10.1. The first-order valence-electron chi connectivity index (χ1n) is 11.6. The van der Waals surface area contributed by atoms with Crippen molar-refractivity contribution in [1.82, 2.24) is 0 Å². The molecule has 0 unspecified atom stereocenters. The number of aryl methyl sites for hydroxylation is 1. The van der Waals surface area contributed by atoms with Gasteiger partial charge in [0.1, 0.15) is 5.00 Å². The average molecular weight is 504 g/mol. The van der Waals surface area contributed by atoms with E-state index in [1.54, 1.807) is 13.0 Å². The molecule has 4 heterocycles. The SMILES string of the molecule is CCOC(=O)c1c(N2C(=O)[C@@H]3[C@@H](C2=O)[C@@]2(C(OC(C)=O)OC(C)=O)C=C[C@H]3O2)sc2c1CCCC2. The molecule has 2 saturated heterocycles. The monoisotopic (exact) mass is 503 g/mol. The first-order chi connectivity index (χ1) is 16.7. The lowest BCUT2D eigenvalue weighted by Gasteiger charge is -2.34. The van der Waals surface area contributed by atoms with E-state index in [0.29, 0.717) is 6.42 Å². The van der Waals surface area contributed by atoms with E-state index in [1.165, 1.54) is 17.4 Å². The van der Waals surface area contributed by atoms with Crippen LogP contribution >= 0.6 is 11.3 Å². The molecule has 4 atom stereocenters. The summed E-state index contributed by atoms with van der Waals surface area (Å²) in [5.74, 6) is -5.15. The van der Waals surface area contributed by atoms with Crippen LogP contribution in [0.5, 0.6) is 0 Å². The second-order valence-electron chi connectivity index (χ2n) is 8.97. The third kappa shape index (κ3) is 3.51. The van der Waals surface area contributed by atoms with Crippen molar-refractivity contribution in [2.45, 2.75) is 64.4 Å². The van der Waals surface area contributed by atoms with Gasteiger partial charge < -0.3 is 18.9 Å². The molecule has 2 bridgehead atoms. The minimum atomic E-state index is -1.64. The molecule has 0 saturated carbocycles. The molecule has 3 aliphatic heterocycles. The van der Waals surface area contributed by atoms with Crippen LogP contribution in [0.3, 0.4) is 0 Å². The molecule has 0 radical (unpaired) electrons. The zero-order valence-electron chi connectivity index (χ0n) is 19.5. The molecule has 2 fully saturated rings. The fraction of sp³-hybridized carbons (Fsp3) is 0.542. The summed E-state index contributed by atoms with van der Waals surface area (Å²) < 4.78 is 21.8. The van der Waals surface area contributed by atoms with Gasteiger partial charge in [0.25, 0.3) is 6.29 Å². The molecule has 1 aliphatic carbocycles. The van der Waals surface area contributed by atoms with Crippen LogP contribution in [0.15, 0.2) is 12.2 Å². The van der Waals surface area contributed by atoms with Gasteiger partial charge in [0.05, 0.1) is 30.1 Å². The number of carbonyl (C=O) groups is 5. The summed E-state index contributed by atoms with van der Waals surface area (Å²) in [6.45, 7) is 4.14. The van der Waals surface area contributed by atoms with Crippen LogP contribution in [0.25, 0.3) is 0 Å². The molecule has 2 amide bonds. The van der Waals surface area contributed by atoms with Crippen LogP contribution in [-0.4, -0.2) is 54.3 Å². The Morgan fingerprint density at radius 1 is 1.14 bits per heavy atom. The normalized spacial score (nSPS) is 28.3. The van der Waals surface area contributed by atoms with Gasteiger partial charge in [-0.25, -0.2) is 9.69 Å². The second kappa shape index (κ2) is 8.56. The molecule has 0 spiro atoms. The van der Waals surface area contributed by atoms with E-state index in [9.17, 15) is 24.0 Å². The first-order valence-corrected chi connectivity index (χ1v) is 12.4. The average Bonchev–Trinajstić information content (AvgIpc) is 3.52. The van der Waals surface area contributed by atoms with Crippen molar-refractivity contribution in [2.75, 3.05) is 11.5 Å². The zero-order chi connectivity index (χ0) is 25.1. The maximum atomic E-state index is 13.9. The van der Waals surface area contributed by atoms with Crippen LogP contribution in [0.1, 0.15) is 54.4 Å². The minimum Gasteiger partial charge on any atom is -0.462 e. The maximum absolute atomic E-state index is 13.9. The molecule has 0 N–H and O–H groups in total. The number of amides is 2. The number of nitrogens with zero attached hydrogens (tertiary/aromatic N) is 1. The number of carbonyl (C=O) groups excluding carboxylic acids is 5. The largest absolute Gasteiger partial charge is 0.462 e. The molecular formula is C24H25NO9S. The van der Waals surface area contributed by atoms with Gasteiger partial charge in [-0.2, -0.15) is 0 Å². The minimum absolute atomic E-state index is 0.158. The third-order valence-corrected chi connectivity index (χ3v) is 8.10. The number of ether oxygens (including phenoxy) is 4. The Kier molecular flexibility index (Phi) is 5.79. The van der Waals surface area contributed by atoms with E-state index in [2.05, 4.69) is 0 Å². The standard InChI is InChI=1S/C24H25NO9S/c1-4-31-22(30)16-13-7-5-6-8-15(13)35-21(16)25-19(28)17-14-9-10-24(34-14,18(17)20(25)29)23(32-11(2)26)33-12(3)27/h9-10,14,17-18,23H,4-8H2,1-3H3/t14-,17+,18+,24-/m1/s1. The van der Waals surface area contributed by atoms with Crippen LogP contribution in [0.4, 0.5) is 5.00 Å². The lowest BCUT2D eigenvalue weighted by molar-refractivity contribution is -0.226. The predicted octanol–water partition coefficient (Wildman–Crippen LogP) is 2.07. The molecule has 11 heteroatoms. The summed E-state index contributed by atoms with van der Waals surface area (Å²) in [6, 6.07) is 0. The highest BCUT2D eigenvalue weighted by molar-refractivity contribution is 7.17. The van der Waals surface area contributed by atoms with E-state index >= 15 is 0 Å². The molecular weight excluding hydrogens is 478 g/mol. The molecule has 0 aromatic carbocycles. The van der Waals surface area contributed by atoms with Gasteiger partial charge in [-0.1, -0.05) is 6.08 Å². The van der Waals surface area contributed by atoms with Gasteiger partial charge in [0.2, 0.25) is 11.8 Å². The number of imide groups is 1. The number of rotatable bonds is 6.